The van der Waals surface area contributed by atoms with Crippen LogP contribution in [0.15, 0.2) is 60.7 Å². The first-order valence-corrected chi connectivity index (χ1v) is 11.6. The number of carbonyl (C=O) groups is 2. The Hall–Kier alpha value is -3.49. The molecule has 0 radical (unpaired) electrons. The minimum atomic E-state index is -1.03. The van der Waals surface area contributed by atoms with E-state index in [1.165, 1.54) is 11.0 Å². The van der Waals surface area contributed by atoms with Crippen molar-refractivity contribution < 1.29 is 28.6 Å². The standard InChI is InChI=1S/C27H29FN2O5/c1-3-14-35-22-9-8-19(17-18(22)2)25(31)23-24(20-6-4-5-7-21(20)28)30(27(33)26(23)32)11-10-29-12-15-34-16-13-29/h3-9,17,24,31H,1,10-16H2,2H3. The smallest absolute Gasteiger partial charge is 0.295 e. The number of nitrogens with zero attached hydrogens (tertiary/aromatic N) is 2. The van der Waals surface area contributed by atoms with Gasteiger partial charge >= 0.3 is 0 Å². The first kappa shape index (κ1) is 24.6. The second kappa shape index (κ2) is 10.8. The molecule has 2 aromatic rings. The monoisotopic (exact) mass is 480 g/mol. The maximum atomic E-state index is 14.9. The fourth-order valence-corrected chi connectivity index (χ4v) is 4.47. The van der Waals surface area contributed by atoms with Gasteiger partial charge in [-0.2, -0.15) is 0 Å². The maximum Gasteiger partial charge on any atom is 0.295 e. The van der Waals surface area contributed by atoms with Gasteiger partial charge in [-0.15, -0.1) is 0 Å². The van der Waals surface area contributed by atoms with Crippen molar-refractivity contribution in [2.75, 3.05) is 46.0 Å². The van der Waals surface area contributed by atoms with E-state index in [4.69, 9.17) is 9.47 Å². The van der Waals surface area contributed by atoms with Gasteiger partial charge in [0.25, 0.3) is 11.7 Å². The van der Waals surface area contributed by atoms with Crippen LogP contribution in [0.5, 0.6) is 5.75 Å². The molecule has 35 heavy (non-hydrogen) atoms. The molecule has 0 aliphatic carbocycles. The second-order valence-corrected chi connectivity index (χ2v) is 8.55. The van der Waals surface area contributed by atoms with Gasteiger partial charge in [0.1, 0.15) is 23.9 Å². The number of carbonyl (C=O) groups excluding carboxylic acids is 2. The number of benzene rings is 2. The summed E-state index contributed by atoms with van der Waals surface area (Å²) in [5.74, 6) is -1.87. The van der Waals surface area contributed by atoms with E-state index in [1.807, 2.05) is 6.92 Å². The number of morpholine rings is 1. The zero-order chi connectivity index (χ0) is 24.9. The highest BCUT2D eigenvalue weighted by Crippen LogP contribution is 2.40. The molecule has 7 nitrogen and oxygen atoms in total. The lowest BCUT2D eigenvalue weighted by Gasteiger charge is -2.31. The number of ketones is 1. The lowest BCUT2D eigenvalue weighted by atomic mass is 9.94. The molecule has 4 rings (SSSR count). The number of halogens is 1. The molecule has 0 saturated carbocycles. The molecule has 1 unspecified atom stereocenters. The Labute approximate surface area is 204 Å². The summed E-state index contributed by atoms with van der Waals surface area (Å²) in [5.41, 5.74) is 1.12. The Kier molecular flexibility index (Phi) is 7.63. The van der Waals surface area contributed by atoms with Crippen molar-refractivity contribution in [3.63, 3.8) is 0 Å². The Balaban J connectivity index is 1.73. The maximum absolute atomic E-state index is 14.9. The van der Waals surface area contributed by atoms with E-state index in [1.54, 1.807) is 42.5 Å². The third-order valence-corrected chi connectivity index (χ3v) is 6.31. The lowest BCUT2D eigenvalue weighted by Crippen LogP contribution is -2.42. The molecular weight excluding hydrogens is 451 g/mol. The van der Waals surface area contributed by atoms with Crippen LogP contribution in [0.4, 0.5) is 4.39 Å². The fourth-order valence-electron chi connectivity index (χ4n) is 4.47. The molecule has 2 heterocycles. The van der Waals surface area contributed by atoms with Gasteiger partial charge in [-0.05, 0) is 36.8 Å². The normalized spacial score (nSPS) is 20.3. The number of aliphatic hydroxyl groups is 1. The SMILES string of the molecule is C=CCOc1ccc(C(O)=C2C(=O)C(=O)N(CCN3CCOCC3)C2c2ccccc2F)cc1C. The topological polar surface area (TPSA) is 79.3 Å². The fraction of sp³-hybridized carbons (Fsp3) is 0.333. The Morgan fingerprint density at radius 1 is 1.20 bits per heavy atom. The largest absolute Gasteiger partial charge is 0.507 e. The molecule has 2 saturated heterocycles. The molecule has 1 atom stereocenters. The highest BCUT2D eigenvalue weighted by Gasteiger charge is 2.46. The molecule has 184 valence electrons. The molecule has 2 aliphatic heterocycles. The van der Waals surface area contributed by atoms with Crippen LogP contribution in [0.2, 0.25) is 0 Å². The highest BCUT2D eigenvalue weighted by atomic mass is 19.1. The summed E-state index contributed by atoms with van der Waals surface area (Å²) in [6.45, 7) is 9.12. The van der Waals surface area contributed by atoms with Gasteiger partial charge in [0.15, 0.2) is 0 Å². The highest BCUT2D eigenvalue weighted by molar-refractivity contribution is 6.46. The van der Waals surface area contributed by atoms with Crippen molar-refractivity contribution in [3.05, 3.63) is 83.2 Å². The summed E-state index contributed by atoms with van der Waals surface area (Å²) in [6, 6.07) is 9.95. The van der Waals surface area contributed by atoms with E-state index in [0.29, 0.717) is 50.8 Å². The summed E-state index contributed by atoms with van der Waals surface area (Å²) < 4.78 is 25.9. The van der Waals surface area contributed by atoms with Gasteiger partial charge in [0, 0.05) is 37.3 Å². The van der Waals surface area contributed by atoms with Gasteiger partial charge in [0.2, 0.25) is 0 Å². The molecule has 0 bridgehead atoms. The van der Waals surface area contributed by atoms with E-state index in [2.05, 4.69) is 11.5 Å². The Morgan fingerprint density at radius 2 is 1.94 bits per heavy atom. The van der Waals surface area contributed by atoms with Crippen molar-refractivity contribution in [1.29, 1.82) is 0 Å². The summed E-state index contributed by atoms with van der Waals surface area (Å²) in [6.07, 6.45) is 1.63. The zero-order valence-corrected chi connectivity index (χ0v) is 19.7. The molecule has 0 aromatic heterocycles. The third kappa shape index (κ3) is 5.13. The predicted octanol–water partition coefficient (Wildman–Crippen LogP) is 3.45. The van der Waals surface area contributed by atoms with Crippen molar-refractivity contribution in [3.8, 4) is 5.75 Å². The molecular formula is C27H29FN2O5. The number of amides is 1. The Morgan fingerprint density at radius 3 is 2.63 bits per heavy atom. The average Bonchev–Trinajstić information content (AvgIpc) is 3.12. The van der Waals surface area contributed by atoms with Crippen LogP contribution in [0, 0.1) is 12.7 Å². The second-order valence-electron chi connectivity index (χ2n) is 8.55. The summed E-state index contributed by atoms with van der Waals surface area (Å²) in [7, 11) is 0. The predicted molar refractivity (Wildman–Crippen MR) is 130 cm³/mol. The quantitative estimate of drug-likeness (QED) is 0.270. The number of aliphatic hydroxyl groups excluding tert-OH is 1. The minimum absolute atomic E-state index is 0.124. The minimum Gasteiger partial charge on any atom is -0.507 e. The molecule has 0 spiro atoms. The van der Waals surface area contributed by atoms with Crippen LogP contribution in [-0.4, -0.2) is 72.6 Å². The Bertz CT molecular complexity index is 1160. The van der Waals surface area contributed by atoms with Crippen molar-refractivity contribution in [1.82, 2.24) is 9.80 Å². The number of rotatable bonds is 8. The summed E-state index contributed by atoms with van der Waals surface area (Å²) >= 11 is 0. The van der Waals surface area contributed by atoms with Crippen LogP contribution >= 0.6 is 0 Å². The third-order valence-electron chi connectivity index (χ3n) is 6.31. The summed E-state index contributed by atoms with van der Waals surface area (Å²) in [5, 5.41) is 11.2. The molecule has 1 N–H and O–H groups in total. The van der Waals surface area contributed by atoms with Gasteiger partial charge in [-0.1, -0.05) is 30.9 Å². The lowest BCUT2D eigenvalue weighted by molar-refractivity contribution is -0.140. The van der Waals surface area contributed by atoms with E-state index in [0.717, 1.165) is 5.56 Å². The van der Waals surface area contributed by atoms with E-state index in [-0.39, 0.29) is 23.4 Å². The van der Waals surface area contributed by atoms with Gasteiger partial charge < -0.3 is 19.5 Å². The van der Waals surface area contributed by atoms with Gasteiger partial charge in [-0.3, -0.25) is 14.5 Å². The molecule has 2 fully saturated rings. The van der Waals surface area contributed by atoms with Crippen LogP contribution in [0.25, 0.3) is 5.76 Å². The number of hydrogen-bond acceptors (Lipinski definition) is 6. The number of likely N-dealkylation sites (tertiary alicyclic amines) is 1. The van der Waals surface area contributed by atoms with E-state index >= 15 is 0 Å². The first-order chi connectivity index (χ1) is 16.9. The molecule has 2 aromatic carbocycles. The number of hydrogen-bond donors (Lipinski definition) is 1. The summed E-state index contributed by atoms with van der Waals surface area (Å²) in [4.78, 5) is 29.8. The zero-order valence-electron chi connectivity index (χ0n) is 19.7. The van der Waals surface area contributed by atoms with Gasteiger partial charge in [0.05, 0.1) is 24.8 Å². The number of aryl methyl sites for hydroxylation is 1. The van der Waals surface area contributed by atoms with Crippen molar-refractivity contribution in [2.45, 2.75) is 13.0 Å². The van der Waals surface area contributed by atoms with Crippen LogP contribution in [0.1, 0.15) is 22.7 Å². The number of ether oxygens (including phenoxy) is 2. The first-order valence-electron chi connectivity index (χ1n) is 11.6. The molecule has 8 heteroatoms. The number of Topliss-reactive ketones (excluding diaryl/α,β-unsaturated/α-hetero) is 1. The van der Waals surface area contributed by atoms with E-state index in [9.17, 15) is 19.1 Å². The van der Waals surface area contributed by atoms with E-state index < -0.39 is 23.5 Å². The molecule has 2 aliphatic rings. The van der Waals surface area contributed by atoms with Crippen LogP contribution in [0.3, 0.4) is 0 Å². The van der Waals surface area contributed by atoms with Gasteiger partial charge in [-0.25, -0.2) is 4.39 Å². The molecule has 1 amide bonds. The van der Waals surface area contributed by atoms with Crippen molar-refractivity contribution >= 4 is 17.4 Å². The average molecular weight is 481 g/mol. The van der Waals surface area contributed by atoms with Crippen LogP contribution < -0.4 is 4.74 Å². The van der Waals surface area contributed by atoms with Crippen LogP contribution in [-0.2, 0) is 14.3 Å². The van der Waals surface area contributed by atoms with Crippen molar-refractivity contribution in [2.24, 2.45) is 0 Å².